The number of fused-ring (bicyclic) bond motifs is 2. The fourth-order valence-corrected chi connectivity index (χ4v) is 5.39. The molecule has 162 valence electrons. The number of imidazole rings is 2. The van der Waals surface area contributed by atoms with Gasteiger partial charge in [0.05, 0.1) is 12.6 Å². The maximum atomic E-state index is 13.2. The maximum Gasteiger partial charge on any atom is 0.254 e. The third-order valence-electron chi connectivity index (χ3n) is 6.01. The van der Waals surface area contributed by atoms with Crippen LogP contribution >= 0.6 is 11.3 Å². The standard InChI is InChI=1S/C22H26N6O2S/c1-4-28-20(24-15-7-9-31-22(15)28)19-25-16-10-13(11-17(30-3)18(16)26(19)2)21(29)27-8-5-6-14(23)12-27/h7,9-11,14H,4-6,8,12,23H2,1-3H3. The van der Waals surface area contributed by atoms with E-state index in [1.165, 1.54) is 0 Å². The first kappa shape index (κ1) is 20.0. The highest BCUT2D eigenvalue weighted by Crippen LogP contribution is 2.34. The van der Waals surface area contributed by atoms with Crippen LogP contribution in [0, 0.1) is 0 Å². The van der Waals surface area contributed by atoms with Crippen molar-refractivity contribution in [2.45, 2.75) is 32.4 Å². The van der Waals surface area contributed by atoms with E-state index < -0.39 is 0 Å². The Morgan fingerprint density at radius 1 is 1.29 bits per heavy atom. The number of methoxy groups -OCH3 is 1. The second-order valence-electron chi connectivity index (χ2n) is 7.98. The van der Waals surface area contributed by atoms with Crippen LogP contribution in [0.4, 0.5) is 0 Å². The summed E-state index contributed by atoms with van der Waals surface area (Å²) in [6.45, 7) is 4.21. The van der Waals surface area contributed by atoms with Crippen LogP contribution in [0.5, 0.6) is 5.75 Å². The Labute approximate surface area is 184 Å². The Kier molecular flexibility index (Phi) is 4.94. The molecule has 0 spiro atoms. The van der Waals surface area contributed by atoms with E-state index in [2.05, 4.69) is 16.9 Å². The van der Waals surface area contributed by atoms with Gasteiger partial charge in [-0.2, -0.15) is 0 Å². The summed E-state index contributed by atoms with van der Waals surface area (Å²) in [5.74, 6) is 2.17. The van der Waals surface area contributed by atoms with Crippen LogP contribution in [0.1, 0.15) is 30.1 Å². The summed E-state index contributed by atoms with van der Waals surface area (Å²) in [5.41, 5.74) is 9.19. The number of rotatable bonds is 4. The average molecular weight is 439 g/mol. The molecule has 9 heteroatoms. The fraction of sp³-hybridized carbons (Fsp3) is 0.409. The van der Waals surface area contributed by atoms with E-state index in [0.29, 0.717) is 17.9 Å². The van der Waals surface area contributed by atoms with Crippen molar-refractivity contribution >= 4 is 38.6 Å². The number of ether oxygens (including phenoxy) is 1. The zero-order chi connectivity index (χ0) is 21.7. The summed E-state index contributed by atoms with van der Waals surface area (Å²) in [6.07, 6.45) is 1.88. The van der Waals surface area contributed by atoms with Crippen molar-refractivity contribution in [2.24, 2.45) is 12.8 Å². The molecule has 2 N–H and O–H groups in total. The number of carbonyl (C=O) groups excluding carboxylic acids is 1. The molecule has 1 unspecified atom stereocenters. The maximum absolute atomic E-state index is 13.2. The molecule has 0 aliphatic carbocycles. The van der Waals surface area contributed by atoms with E-state index in [0.717, 1.165) is 59.0 Å². The second kappa shape index (κ2) is 7.65. The molecular weight excluding hydrogens is 412 g/mol. The number of piperidine rings is 1. The Hall–Kier alpha value is -2.91. The number of hydrogen-bond acceptors (Lipinski definition) is 6. The fourth-order valence-electron chi connectivity index (χ4n) is 4.48. The molecule has 1 atom stereocenters. The van der Waals surface area contributed by atoms with E-state index >= 15 is 0 Å². The van der Waals surface area contributed by atoms with Gasteiger partial charge in [-0.15, -0.1) is 11.3 Å². The number of hydrogen-bond donors (Lipinski definition) is 1. The number of amides is 1. The topological polar surface area (TPSA) is 91.2 Å². The summed E-state index contributed by atoms with van der Waals surface area (Å²) in [7, 11) is 3.58. The van der Waals surface area contributed by atoms with E-state index in [1.807, 2.05) is 28.6 Å². The zero-order valence-electron chi connectivity index (χ0n) is 18.0. The number of nitrogens with two attached hydrogens (primary N) is 1. The van der Waals surface area contributed by atoms with E-state index in [-0.39, 0.29) is 11.9 Å². The molecule has 1 saturated heterocycles. The molecule has 3 aromatic heterocycles. The van der Waals surface area contributed by atoms with Crippen LogP contribution in [-0.2, 0) is 13.6 Å². The number of nitrogens with zero attached hydrogens (tertiary/aromatic N) is 5. The number of aryl methyl sites for hydroxylation is 2. The summed E-state index contributed by atoms with van der Waals surface area (Å²) in [5, 5.41) is 2.05. The molecule has 1 amide bonds. The summed E-state index contributed by atoms with van der Waals surface area (Å²) in [4.78, 5) is 25.8. The Bertz CT molecular complexity index is 1290. The lowest BCUT2D eigenvalue weighted by Gasteiger charge is -2.30. The quantitative estimate of drug-likeness (QED) is 0.528. The van der Waals surface area contributed by atoms with Crippen LogP contribution in [0.15, 0.2) is 23.6 Å². The molecular formula is C22H26N6O2S. The molecule has 1 fully saturated rings. The van der Waals surface area contributed by atoms with Gasteiger partial charge in [0.15, 0.2) is 11.6 Å². The molecule has 1 aliphatic heterocycles. The third kappa shape index (κ3) is 3.19. The minimum Gasteiger partial charge on any atom is -0.494 e. The summed E-state index contributed by atoms with van der Waals surface area (Å²) < 4.78 is 9.85. The highest BCUT2D eigenvalue weighted by molar-refractivity contribution is 7.16. The lowest BCUT2D eigenvalue weighted by molar-refractivity contribution is 0.0708. The SMILES string of the molecule is CCn1c(-c2nc3cc(C(=O)N4CCCC(N)C4)cc(OC)c3n2C)nc2ccsc21. The molecule has 1 aromatic carbocycles. The minimum atomic E-state index is -0.0295. The highest BCUT2D eigenvalue weighted by atomic mass is 32.1. The zero-order valence-corrected chi connectivity index (χ0v) is 18.8. The van der Waals surface area contributed by atoms with Gasteiger partial charge in [-0.3, -0.25) is 4.79 Å². The summed E-state index contributed by atoms with van der Waals surface area (Å²) in [6, 6.07) is 5.72. The van der Waals surface area contributed by atoms with E-state index in [1.54, 1.807) is 24.5 Å². The van der Waals surface area contributed by atoms with Crippen molar-refractivity contribution in [1.82, 2.24) is 24.0 Å². The molecule has 1 aliphatic rings. The van der Waals surface area contributed by atoms with E-state index in [4.69, 9.17) is 20.4 Å². The average Bonchev–Trinajstić information content (AvgIpc) is 3.45. The Balaban J connectivity index is 1.63. The van der Waals surface area contributed by atoms with Gasteiger partial charge in [-0.05, 0) is 43.3 Å². The van der Waals surface area contributed by atoms with Gasteiger partial charge in [0.2, 0.25) is 0 Å². The predicted molar refractivity (Wildman–Crippen MR) is 123 cm³/mol. The first-order valence-electron chi connectivity index (χ1n) is 10.5. The van der Waals surface area contributed by atoms with Crippen LogP contribution < -0.4 is 10.5 Å². The van der Waals surface area contributed by atoms with Crippen molar-refractivity contribution in [3.63, 3.8) is 0 Å². The summed E-state index contributed by atoms with van der Waals surface area (Å²) >= 11 is 1.68. The van der Waals surface area contributed by atoms with Gasteiger partial charge in [0.1, 0.15) is 21.6 Å². The second-order valence-corrected chi connectivity index (χ2v) is 8.88. The largest absolute Gasteiger partial charge is 0.494 e. The van der Waals surface area contributed by atoms with Gasteiger partial charge in [0.25, 0.3) is 5.91 Å². The normalized spacial score (nSPS) is 17.0. The first-order valence-corrected chi connectivity index (χ1v) is 11.4. The molecule has 4 heterocycles. The lowest BCUT2D eigenvalue weighted by Crippen LogP contribution is -2.45. The van der Waals surface area contributed by atoms with Crippen LogP contribution in [0.25, 0.3) is 33.0 Å². The Morgan fingerprint density at radius 2 is 2.10 bits per heavy atom. The molecule has 0 radical (unpaired) electrons. The number of aromatic nitrogens is 4. The number of benzene rings is 1. The lowest BCUT2D eigenvalue weighted by atomic mass is 10.0. The number of carbonyl (C=O) groups is 1. The van der Waals surface area contributed by atoms with Crippen LogP contribution in [0.2, 0.25) is 0 Å². The number of thiophene rings is 1. The third-order valence-corrected chi connectivity index (χ3v) is 6.94. The highest BCUT2D eigenvalue weighted by Gasteiger charge is 2.26. The van der Waals surface area contributed by atoms with Crippen molar-refractivity contribution in [2.75, 3.05) is 20.2 Å². The van der Waals surface area contributed by atoms with Gasteiger partial charge < -0.3 is 24.5 Å². The number of likely N-dealkylation sites (tertiary alicyclic amines) is 1. The van der Waals surface area contributed by atoms with Gasteiger partial charge >= 0.3 is 0 Å². The molecule has 8 nitrogen and oxygen atoms in total. The predicted octanol–water partition coefficient (Wildman–Crippen LogP) is 3.24. The molecule has 5 rings (SSSR count). The first-order chi connectivity index (χ1) is 15.0. The van der Waals surface area contributed by atoms with Crippen LogP contribution in [0.3, 0.4) is 0 Å². The molecule has 31 heavy (non-hydrogen) atoms. The van der Waals surface area contributed by atoms with Gasteiger partial charge in [0, 0.05) is 38.3 Å². The van der Waals surface area contributed by atoms with Crippen molar-refractivity contribution in [1.29, 1.82) is 0 Å². The van der Waals surface area contributed by atoms with E-state index in [9.17, 15) is 4.79 Å². The smallest absolute Gasteiger partial charge is 0.254 e. The Morgan fingerprint density at radius 3 is 2.84 bits per heavy atom. The van der Waals surface area contributed by atoms with Crippen LogP contribution in [-0.4, -0.2) is 56.2 Å². The monoisotopic (exact) mass is 438 g/mol. The molecule has 0 bridgehead atoms. The van der Waals surface area contributed by atoms with Gasteiger partial charge in [-0.1, -0.05) is 0 Å². The van der Waals surface area contributed by atoms with Gasteiger partial charge in [-0.25, -0.2) is 9.97 Å². The van der Waals surface area contributed by atoms with Crippen molar-refractivity contribution in [3.05, 3.63) is 29.1 Å². The molecule has 4 aromatic rings. The minimum absolute atomic E-state index is 0.0295. The van der Waals surface area contributed by atoms with Crippen molar-refractivity contribution in [3.8, 4) is 17.4 Å². The molecule has 0 saturated carbocycles. The van der Waals surface area contributed by atoms with Crippen molar-refractivity contribution < 1.29 is 9.53 Å².